The zero-order chi connectivity index (χ0) is 41.0. The van der Waals surface area contributed by atoms with E-state index >= 15 is 0 Å². The summed E-state index contributed by atoms with van der Waals surface area (Å²) in [5.74, 6) is -5.33. The first-order valence-corrected chi connectivity index (χ1v) is 18.0. The molecule has 4 amide bonds. The van der Waals surface area contributed by atoms with Gasteiger partial charge in [-0.05, 0) is 53.1 Å². The molecule has 15 nitrogen and oxygen atoms in total. The van der Waals surface area contributed by atoms with Crippen molar-refractivity contribution in [2.24, 2.45) is 29.4 Å². The molecule has 15 heteroatoms. The van der Waals surface area contributed by atoms with E-state index in [1.807, 2.05) is 0 Å². The highest BCUT2D eigenvalue weighted by molar-refractivity contribution is 5.93. The molecule has 0 saturated heterocycles. The average molecular weight is 756 g/mol. The van der Waals surface area contributed by atoms with Crippen molar-refractivity contribution in [3.8, 4) is 22.6 Å². The number of nitrogens with two attached hydrogens (primary N) is 1. The summed E-state index contributed by atoms with van der Waals surface area (Å²) in [4.78, 5) is 77.7. The number of nitrogens with one attached hydrogen (secondary N) is 4. The van der Waals surface area contributed by atoms with Gasteiger partial charge in [0.1, 0.15) is 35.7 Å². The van der Waals surface area contributed by atoms with E-state index in [4.69, 9.17) is 15.2 Å². The van der Waals surface area contributed by atoms with Gasteiger partial charge in [0.2, 0.25) is 23.6 Å². The van der Waals surface area contributed by atoms with Gasteiger partial charge in [0.15, 0.2) is 0 Å². The van der Waals surface area contributed by atoms with E-state index in [2.05, 4.69) is 21.3 Å². The summed E-state index contributed by atoms with van der Waals surface area (Å²) in [6.07, 6.45) is -0.144. The van der Waals surface area contributed by atoms with Crippen molar-refractivity contribution >= 4 is 35.6 Å². The lowest BCUT2D eigenvalue weighted by Gasteiger charge is -2.26. The van der Waals surface area contributed by atoms with Gasteiger partial charge in [-0.2, -0.15) is 0 Å². The van der Waals surface area contributed by atoms with Crippen LogP contribution < -0.4 is 27.0 Å². The maximum atomic E-state index is 13.6. The molecule has 0 spiro atoms. The van der Waals surface area contributed by atoms with Crippen molar-refractivity contribution in [1.82, 2.24) is 21.3 Å². The van der Waals surface area contributed by atoms with Gasteiger partial charge in [0.25, 0.3) is 0 Å². The fourth-order valence-corrected chi connectivity index (χ4v) is 5.41. The third kappa shape index (κ3) is 12.5. The number of phenols is 2. The number of ether oxygens (including phenoxy) is 2. The van der Waals surface area contributed by atoms with E-state index in [1.54, 1.807) is 73.6 Å². The molecule has 0 aliphatic carbocycles. The molecule has 0 saturated carbocycles. The number of carbonyl (C=O) groups is 6. The topological polar surface area (TPSA) is 235 Å². The van der Waals surface area contributed by atoms with Gasteiger partial charge in [-0.15, -0.1) is 0 Å². The quantitative estimate of drug-likeness (QED) is 0.109. The first-order chi connectivity index (χ1) is 25.2. The van der Waals surface area contributed by atoms with Gasteiger partial charge in [-0.25, -0.2) is 9.59 Å². The van der Waals surface area contributed by atoms with Crippen molar-refractivity contribution in [2.75, 3.05) is 14.2 Å². The Balaban J connectivity index is 2.55. The van der Waals surface area contributed by atoms with E-state index in [9.17, 15) is 39.0 Å². The number of carbonyl (C=O) groups excluding carboxylic acids is 6. The van der Waals surface area contributed by atoms with Crippen LogP contribution in [-0.4, -0.2) is 90.2 Å². The summed E-state index contributed by atoms with van der Waals surface area (Å²) >= 11 is 0. The van der Waals surface area contributed by atoms with Crippen molar-refractivity contribution in [3.05, 3.63) is 47.5 Å². The lowest BCUT2D eigenvalue weighted by Crippen LogP contribution is -2.57. The molecular weight excluding hydrogens is 698 g/mol. The largest absolute Gasteiger partial charge is 0.507 e. The summed E-state index contributed by atoms with van der Waals surface area (Å²) in [5, 5.41) is 32.7. The monoisotopic (exact) mass is 755 g/mol. The average Bonchev–Trinajstić information content (AvgIpc) is 3.11. The van der Waals surface area contributed by atoms with Gasteiger partial charge in [-0.1, -0.05) is 67.5 Å². The van der Waals surface area contributed by atoms with Crippen LogP contribution in [0.5, 0.6) is 11.5 Å². The first kappa shape index (κ1) is 45.0. The van der Waals surface area contributed by atoms with Crippen LogP contribution in [0.15, 0.2) is 36.4 Å². The highest BCUT2D eigenvalue weighted by Gasteiger charge is 2.32. The van der Waals surface area contributed by atoms with Crippen LogP contribution in [0.2, 0.25) is 0 Å². The summed E-state index contributed by atoms with van der Waals surface area (Å²) < 4.78 is 9.70. The van der Waals surface area contributed by atoms with Crippen LogP contribution in [0.4, 0.5) is 0 Å². The van der Waals surface area contributed by atoms with Gasteiger partial charge in [-0.3, -0.25) is 19.2 Å². The molecule has 0 aromatic heterocycles. The number of phenolic OH excluding ortho intramolecular Hbond substituents is 2. The zero-order valence-corrected chi connectivity index (χ0v) is 32.8. The number of benzene rings is 2. The van der Waals surface area contributed by atoms with E-state index in [0.29, 0.717) is 11.1 Å². The second-order valence-electron chi connectivity index (χ2n) is 14.7. The Morgan fingerprint density at radius 2 is 0.944 bits per heavy atom. The molecule has 5 atom stereocenters. The van der Waals surface area contributed by atoms with Crippen molar-refractivity contribution in [1.29, 1.82) is 0 Å². The minimum Gasteiger partial charge on any atom is -0.507 e. The SMILES string of the molecule is COC(=O)C(NC(=O)[C@@H](Cc1ccc(O)c(-c2cc(C[C@H](NC(=O)C(C)C)C(=O)N[C@H](C(=O)OC)C(C)C)ccc2O)c1)NC(=O)[C@H](N)C(C)C)C(C)C. The molecular formula is C39H57N5O10. The molecule has 298 valence electrons. The normalized spacial score (nSPS) is 14.1. The predicted molar refractivity (Wildman–Crippen MR) is 202 cm³/mol. The summed E-state index contributed by atoms with van der Waals surface area (Å²) in [6, 6.07) is 3.73. The number of esters is 2. The molecule has 8 N–H and O–H groups in total. The standard InChI is InChI=1S/C39H57N5O10/c1-19(2)31(40)37(50)42-28(36(49)44-33(21(5)6)39(52)54-10)18-24-12-14-30(46)26(16-24)25-15-23(11-13-29(25)45)17-27(41-34(47)22(7)8)35(48)43-32(20(3)4)38(51)53-9/h11-16,19-22,27-28,31-33,45-46H,17-18,40H2,1-10H3,(H,41,47)(H,42,50)(H,43,48)(H,44,49)/t27-,28+,31+,32-,33?/m0/s1. The van der Waals surface area contributed by atoms with Crippen molar-refractivity contribution in [3.63, 3.8) is 0 Å². The third-order valence-electron chi connectivity index (χ3n) is 8.94. The Morgan fingerprint density at radius 1 is 0.574 bits per heavy atom. The molecule has 2 rings (SSSR count). The summed E-state index contributed by atoms with van der Waals surface area (Å²) in [6.45, 7) is 13.8. The Kier molecular flexibility index (Phi) is 16.9. The highest BCUT2D eigenvalue weighted by Crippen LogP contribution is 2.37. The van der Waals surface area contributed by atoms with Crippen LogP contribution in [0.1, 0.15) is 66.5 Å². The minimum absolute atomic E-state index is 0.0500. The fourth-order valence-electron chi connectivity index (χ4n) is 5.41. The maximum absolute atomic E-state index is 13.6. The Labute approximate surface area is 317 Å². The first-order valence-electron chi connectivity index (χ1n) is 18.0. The molecule has 54 heavy (non-hydrogen) atoms. The lowest BCUT2D eigenvalue weighted by atomic mass is 9.94. The van der Waals surface area contributed by atoms with E-state index < -0.39 is 71.7 Å². The Morgan fingerprint density at radius 3 is 1.26 bits per heavy atom. The number of hydrogen-bond donors (Lipinski definition) is 7. The molecule has 2 aromatic carbocycles. The molecule has 0 fully saturated rings. The van der Waals surface area contributed by atoms with Crippen LogP contribution in [0, 0.1) is 23.7 Å². The van der Waals surface area contributed by atoms with Gasteiger partial charge in [0.05, 0.1) is 20.3 Å². The molecule has 2 aromatic rings. The zero-order valence-electron chi connectivity index (χ0n) is 32.8. The van der Waals surface area contributed by atoms with E-state index in [-0.39, 0.29) is 53.2 Å². The predicted octanol–water partition coefficient (Wildman–Crippen LogP) is 2.09. The second-order valence-corrected chi connectivity index (χ2v) is 14.7. The van der Waals surface area contributed by atoms with Gasteiger partial charge >= 0.3 is 11.9 Å². The van der Waals surface area contributed by atoms with Crippen molar-refractivity contribution < 1.29 is 48.5 Å². The number of hydrogen-bond acceptors (Lipinski definition) is 11. The fraction of sp³-hybridized carbons (Fsp3) is 0.538. The number of methoxy groups -OCH3 is 2. The summed E-state index contributed by atoms with van der Waals surface area (Å²) in [5.41, 5.74) is 7.38. The lowest BCUT2D eigenvalue weighted by molar-refractivity contribution is -0.147. The molecule has 0 radical (unpaired) electrons. The van der Waals surface area contributed by atoms with Gasteiger partial charge < -0.3 is 46.7 Å². The molecule has 0 heterocycles. The Bertz CT molecular complexity index is 1660. The van der Waals surface area contributed by atoms with E-state index in [0.717, 1.165) is 0 Å². The van der Waals surface area contributed by atoms with E-state index in [1.165, 1.54) is 32.4 Å². The molecule has 0 aliphatic rings. The smallest absolute Gasteiger partial charge is 0.328 e. The van der Waals surface area contributed by atoms with Crippen LogP contribution >= 0.6 is 0 Å². The third-order valence-corrected chi connectivity index (χ3v) is 8.94. The van der Waals surface area contributed by atoms with Gasteiger partial charge in [0, 0.05) is 29.9 Å². The minimum atomic E-state index is -1.20. The maximum Gasteiger partial charge on any atom is 0.328 e. The highest BCUT2D eigenvalue weighted by atomic mass is 16.5. The van der Waals surface area contributed by atoms with Crippen LogP contribution in [-0.2, 0) is 51.1 Å². The molecule has 1 unspecified atom stereocenters. The van der Waals surface area contributed by atoms with Crippen LogP contribution in [0.3, 0.4) is 0 Å². The van der Waals surface area contributed by atoms with Crippen LogP contribution in [0.25, 0.3) is 11.1 Å². The molecule has 0 aliphatic heterocycles. The van der Waals surface area contributed by atoms with Crippen molar-refractivity contribution in [2.45, 2.75) is 98.4 Å². The summed E-state index contributed by atoms with van der Waals surface area (Å²) in [7, 11) is 2.42. The second kappa shape index (κ2) is 20.3. The molecule has 0 bridgehead atoms. The Hall–Kier alpha value is -5.18. The number of amides is 4. The number of rotatable bonds is 18. The number of aromatic hydroxyl groups is 2.